The first kappa shape index (κ1) is 14.8. The number of carbonyl (C=O) groups excluding carboxylic acids is 1. The first-order valence-electron chi connectivity index (χ1n) is 5.70. The van der Waals surface area contributed by atoms with Gasteiger partial charge in [0.1, 0.15) is 11.6 Å². The number of aromatic hydroxyl groups is 1. The van der Waals surface area contributed by atoms with Gasteiger partial charge in [0.05, 0.1) is 11.1 Å². The van der Waals surface area contributed by atoms with Crippen molar-refractivity contribution in [1.82, 2.24) is 0 Å². The molecule has 21 heavy (non-hydrogen) atoms. The summed E-state index contributed by atoms with van der Waals surface area (Å²) in [6, 6.07) is 5.66. The summed E-state index contributed by atoms with van der Waals surface area (Å²) in [6.45, 7) is 0. The molecular weight excluding hydrogens is 290 g/mol. The molecule has 110 valence electrons. The van der Waals surface area contributed by atoms with Crippen LogP contribution in [0.15, 0.2) is 36.4 Å². The summed E-state index contributed by atoms with van der Waals surface area (Å²) >= 11 is 0. The summed E-state index contributed by atoms with van der Waals surface area (Å²) in [4.78, 5) is 11.1. The molecule has 0 saturated heterocycles. The lowest BCUT2D eigenvalue weighted by atomic mass is 9.99. The normalized spacial score (nSPS) is 11.4. The van der Waals surface area contributed by atoms with Crippen LogP contribution in [-0.4, -0.2) is 11.0 Å². The van der Waals surface area contributed by atoms with Gasteiger partial charge in [-0.25, -0.2) is 4.39 Å². The fourth-order valence-corrected chi connectivity index (χ4v) is 1.88. The first-order chi connectivity index (χ1) is 9.70. The molecule has 1 amide bonds. The molecule has 0 saturated carbocycles. The van der Waals surface area contributed by atoms with E-state index in [-0.39, 0.29) is 16.7 Å². The Kier molecular flexibility index (Phi) is 3.59. The second-order valence-electron chi connectivity index (χ2n) is 4.29. The van der Waals surface area contributed by atoms with Gasteiger partial charge in [-0.05, 0) is 29.8 Å². The predicted molar refractivity (Wildman–Crippen MR) is 67.0 cm³/mol. The number of alkyl halides is 3. The zero-order chi connectivity index (χ0) is 15.8. The molecule has 0 spiro atoms. The third-order valence-electron chi connectivity index (χ3n) is 2.84. The lowest BCUT2D eigenvalue weighted by Gasteiger charge is -2.11. The Morgan fingerprint density at radius 1 is 1.14 bits per heavy atom. The van der Waals surface area contributed by atoms with E-state index in [0.717, 1.165) is 6.07 Å². The minimum Gasteiger partial charge on any atom is -0.506 e. The maximum absolute atomic E-state index is 13.4. The molecule has 0 atom stereocenters. The summed E-state index contributed by atoms with van der Waals surface area (Å²) in [5.41, 5.74) is 3.27. The van der Waals surface area contributed by atoms with Gasteiger partial charge >= 0.3 is 6.18 Å². The van der Waals surface area contributed by atoms with Crippen LogP contribution in [-0.2, 0) is 6.18 Å². The van der Waals surface area contributed by atoms with Gasteiger partial charge in [-0.3, -0.25) is 4.79 Å². The first-order valence-corrected chi connectivity index (χ1v) is 5.70. The lowest BCUT2D eigenvalue weighted by molar-refractivity contribution is -0.137. The molecule has 0 aliphatic heterocycles. The third kappa shape index (κ3) is 2.96. The molecule has 2 rings (SSSR count). The molecule has 3 N–H and O–H groups in total. The third-order valence-corrected chi connectivity index (χ3v) is 2.84. The van der Waals surface area contributed by atoms with Crippen molar-refractivity contribution in [1.29, 1.82) is 0 Å². The summed E-state index contributed by atoms with van der Waals surface area (Å²) in [7, 11) is 0. The summed E-state index contributed by atoms with van der Waals surface area (Å²) in [5.74, 6) is -2.64. The molecule has 2 aromatic rings. The highest BCUT2D eigenvalue weighted by Gasteiger charge is 2.31. The number of hydrogen-bond donors (Lipinski definition) is 2. The Hall–Kier alpha value is -2.57. The van der Waals surface area contributed by atoms with E-state index in [1.807, 2.05) is 0 Å². The maximum atomic E-state index is 13.4. The standard InChI is InChI=1S/C14H9F4NO2/c15-9-5-7(4-8(6-9)14(16,17)18)10-2-1-3-11(12(10)20)13(19)21/h1-6,20H,(H2,19,21). The van der Waals surface area contributed by atoms with Crippen LogP contribution in [0.4, 0.5) is 17.6 Å². The van der Waals surface area contributed by atoms with E-state index in [0.29, 0.717) is 12.1 Å². The maximum Gasteiger partial charge on any atom is 0.416 e. The predicted octanol–water partition coefficient (Wildman–Crippen LogP) is 3.32. The van der Waals surface area contributed by atoms with Gasteiger partial charge in [0.15, 0.2) is 0 Å². The highest BCUT2D eigenvalue weighted by atomic mass is 19.4. The quantitative estimate of drug-likeness (QED) is 0.836. The molecule has 0 aromatic heterocycles. The van der Waals surface area contributed by atoms with E-state index in [1.54, 1.807) is 0 Å². The number of hydrogen-bond acceptors (Lipinski definition) is 2. The van der Waals surface area contributed by atoms with Gasteiger partial charge in [-0.15, -0.1) is 0 Å². The van der Waals surface area contributed by atoms with Crippen LogP contribution in [0, 0.1) is 5.82 Å². The van der Waals surface area contributed by atoms with Crippen LogP contribution >= 0.6 is 0 Å². The Labute approximate surface area is 116 Å². The molecule has 3 nitrogen and oxygen atoms in total. The Bertz CT molecular complexity index is 711. The summed E-state index contributed by atoms with van der Waals surface area (Å²) in [5, 5.41) is 9.89. The van der Waals surface area contributed by atoms with E-state index < -0.39 is 29.2 Å². The van der Waals surface area contributed by atoms with Crippen LogP contribution in [0.1, 0.15) is 15.9 Å². The van der Waals surface area contributed by atoms with Crippen molar-refractivity contribution in [3.8, 4) is 16.9 Å². The molecular formula is C14H9F4NO2. The van der Waals surface area contributed by atoms with Crippen LogP contribution < -0.4 is 5.73 Å². The number of nitrogens with two attached hydrogens (primary N) is 1. The van der Waals surface area contributed by atoms with Crippen LogP contribution in [0.5, 0.6) is 5.75 Å². The zero-order valence-electron chi connectivity index (χ0n) is 10.4. The van der Waals surface area contributed by atoms with Gasteiger partial charge in [0.25, 0.3) is 5.91 Å². The number of carbonyl (C=O) groups is 1. The monoisotopic (exact) mass is 299 g/mol. The van der Waals surface area contributed by atoms with Crippen molar-refractivity contribution < 1.29 is 27.5 Å². The van der Waals surface area contributed by atoms with Gasteiger partial charge in [0, 0.05) is 5.56 Å². The van der Waals surface area contributed by atoms with Crippen molar-refractivity contribution in [3.05, 3.63) is 53.3 Å². The number of benzene rings is 2. The summed E-state index contributed by atoms with van der Waals surface area (Å²) < 4.78 is 51.4. The lowest BCUT2D eigenvalue weighted by Crippen LogP contribution is -2.11. The van der Waals surface area contributed by atoms with Gasteiger partial charge in [-0.1, -0.05) is 12.1 Å². The minimum atomic E-state index is -4.73. The summed E-state index contributed by atoms with van der Waals surface area (Å²) in [6.07, 6.45) is -4.73. The van der Waals surface area contributed by atoms with Crippen molar-refractivity contribution in [2.75, 3.05) is 0 Å². The molecule has 0 bridgehead atoms. The zero-order valence-corrected chi connectivity index (χ0v) is 10.4. The Morgan fingerprint density at radius 3 is 2.38 bits per heavy atom. The van der Waals surface area contributed by atoms with E-state index in [4.69, 9.17) is 5.73 Å². The molecule has 0 unspecified atom stereocenters. The fraction of sp³-hybridized carbons (Fsp3) is 0.0714. The second-order valence-corrected chi connectivity index (χ2v) is 4.29. The number of primary amides is 1. The van der Waals surface area contributed by atoms with Crippen molar-refractivity contribution in [2.45, 2.75) is 6.18 Å². The minimum absolute atomic E-state index is 0.115. The molecule has 0 radical (unpaired) electrons. The van der Waals surface area contributed by atoms with Crippen LogP contribution in [0.2, 0.25) is 0 Å². The number of amides is 1. The molecule has 0 heterocycles. The van der Waals surface area contributed by atoms with E-state index in [9.17, 15) is 27.5 Å². The molecule has 0 aliphatic carbocycles. The van der Waals surface area contributed by atoms with E-state index >= 15 is 0 Å². The molecule has 0 aliphatic rings. The smallest absolute Gasteiger partial charge is 0.416 e. The van der Waals surface area contributed by atoms with Gasteiger partial charge in [-0.2, -0.15) is 13.2 Å². The van der Waals surface area contributed by atoms with Crippen molar-refractivity contribution in [3.63, 3.8) is 0 Å². The number of phenols is 1. The topological polar surface area (TPSA) is 63.3 Å². The van der Waals surface area contributed by atoms with Crippen molar-refractivity contribution in [2.24, 2.45) is 5.73 Å². The highest BCUT2D eigenvalue weighted by molar-refractivity contribution is 5.98. The Balaban J connectivity index is 2.65. The molecule has 7 heteroatoms. The Morgan fingerprint density at radius 2 is 1.81 bits per heavy atom. The molecule has 0 fully saturated rings. The largest absolute Gasteiger partial charge is 0.506 e. The van der Waals surface area contributed by atoms with Crippen LogP contribution in [0.3, 0.4) is 0 Å². The van der Waals surface area contributed by atoms with Gasteiger partial charge < -0.3 is 10.8 Å². The van der Waals surface area contributed by atoms with E-state index in [1.165, 1.54) is 18.2 Å². The number of rotatable bonds is 2. The van der Waals surface area contributed by atoms with Crippen molar-refractivity contribution >= 4 is 5.91 Å². The number of para-hydroxylation sites is 1. The van der Waals surface area contributed by atoms with Crippen LogP contribution in [0.25, 0.3) is 11.1 Å². The number of halogens is 4. The van der Waals surface area contributed by atoms with Gasteiger partial charge in [0.2, 0.25) is 0 Å². The van der Waals surface area contributed by atoms with E-state index in [2.05, 4.69) is 0 Å². The molecule has 2 aromatic carbocycles. The highest BCUT2D eigenvalue weighted by Crippen LogP contribution is 2.37. The average Bonchev–Trinajstić information content (AvgIpc) is 2.36. The fourth-order valence-electron chi connectivity index (χ4n) is 1.88. The SMILES string of the molecule is NC(=O)c1cccc(-c2cc(F)cc(C(F)(F)F)c2)c1O. The average molecular weight is 299 g/mol. The second kappa shape index (κ2) is 5.08.